The second kappa shape index (κ2) is 4.63. The van der Waals surface area contributed by atoms with Gasteiger partial charge in [0.1, 0.15) is 17.2 Å². The zero-order chi connectivity index (χ0) is 10.7. The van der Waals surface area contributed by atoms with E-state index in [4.69, 9.17) is 17.3 Å². The molecule has 0 spiro atoms. The number of nitrogens with one attached hydrogen (secondary N) is 2. The van der Waals surface area contributed by atoms with Crippen LogP contribution in [0.1, 0.15) is 12.8 Å². The maximum absolute atomic E-state index is 5.98. The third-order valence-electron chi connectivity index (χ3n) is 2.50. The van der Waals surface area contributed by atoms with Gasteiger partial charge in [0, 0.05) is 6.04 Å². The molecule has 1 aromatic heterocycles. The third kappa shape index (κ3) is 2.49. The Balaban J connectivity index is 2.06. The Bertz CT molecular complexity index is 337. The second-order valence-electron chi connectivity index (χ2n) is 3.59. The molecule has 1 aromatic rings. The zero-order valence-electron chi connectivity index (χ0n) is 8.33. The predicted octanol–water partition coefficient (Wildman–Crippen LogP) is 0.876. The van der Waals surface area contributed by atoms with Crippen molar-refractivity contribution in [2.24, 2.45) is 0 Å². The topological polar surface area (TPSA) is 75.9 Å². The van der Waals surface area contributed by atoms with E-state index in [1.807, 2.05) is 0 Å². The highest BCUT2D eigenvalue weighted by Crippen LogP contribution is 2.24. The van der Waals surface area contributed by atoms with Crippen LogP contribution in [0, 0.1) is 0 Å². The van der Waals surface area contributed by atoms with E-state index in [0.29, 0.717) is 22.7 Å². The highest BCUT2D eigenvalue weighted by atomic mass is 35.5. The summed E-state index contributed by atoms with van der Waals surface area (Å²) < 4.78 is 0. The molecule has 0 bridgehead atoms. The number of nitrogens with two attached hydrogens (primary N) is 1. The first-order valence-electron chi connectivity index (χ1n) is 5.00. The smallest absolute Gasteiger partial charge is 0.150 e. The van der Waals surface area contributed by atoms with Crippen LogP contribution < -0.4 is 16.4 Å². The van der Waals surface area contributed by atoms with Gasteiger partial charge in [0.25, 0.3) is 0 Å². The summed E-state index contributed by atoms with van der Waals surface area (Å²) in [5, 5.41) is 7.00. The van der Waals surface area contributed by atoms with Crippen LogP contribution in [0.5, 0.6) is 0 Å². The molecule has 0 aliphatic carbocycles. The summed E-state index contributed by atoms with van der Waals surface area (Å²) in [6.07, 6.45) is 3.56. The first-order chi connectivity index (χ1) is 7.27. The Labute approximate surface area is 93.4 Å². The third-order valence-corrected chi connectivity index (χ3v) is 2.87. The Morgan fingerprint density at radius 1 is 1.40 bits per heavy atom. The van der Waals surface area contributed by atoms with Crippen LogP contribution in [0.3, 0.4) is 0 Å². The van der Waals surface area contributed by atoms with Crippen LogP contribution >= 0.6 is 11.6 Å². The van der Waals surface area contributed by atoms with Gasteiger partial charge >= 0.3 is 0 Å². The van der Waals surface area contributed by atoms with Gasteiger partial charge in [-0.3, -0.25) is 0 Å². The SMILES string of the molecule is Nc1ncnc(NC2CCNCC2)c1Cl. The first-order valence-corrected chi connectivity index (χ1v) is 5.38. The summed E-state index contributed by atoms with van der Waals surface area (Å²) in [5.41, 5.74) is 5.59. The minimum atomic E-state index is 0.322. The molecule has 6 heteroatoms. The van der Waals surface area contributed by atoms with Crippen molar-refractivity contribution in [1.82, 2.24) is 15.3 Å². The van der Waals surface area contributed by atoms with Gasteiger partial charge in [0.2, 0.25) is 0 Å². The second-order valence-corrected chi connectivity index (χ2v) is 3.97. The van der Waals surface area contributed by atoms with Gasteiger partial charge in [-0.2, -0.15) is 0 Å². The molecule has 2 rings (SSSR count). The molecule has 1 aliphatic heterocycles. The van der Waals surface area contributed by atoms with Crippen molar-refractivity contribution in [3.05, 3.63) is 11.3 Å². The largest absolute Gasteiger partial charge is 0.382 e. The zero-order valence-corrected chi connectivity index (χ0v) is 9.09. The normalized spacial score (nSPS) is 17.7. The van der Waals surface area contributed by atoms with E-state index in [1.54, 1.807) is 0 Å². The summed E-state index contributed by atoms with van der Waals surface area (Å²) in [6, 6.07) is 0.415. The molecule has 15 heavy (non-hydrogen) atoms. The van der Waals surface area contributed by atoms with Gasteiger partial charge in [0.05, 0.1) is 0 Å². The van der Waals surface area contributed by atoms with E-state index >= 15 is 0 Å². The van der Waals surface area contributed by atoms with Crippen molar-refractivity contribution >= 4 is 23.2 Å². The molecule has 0 atom stereocenters. The summed E-state index contributed by atoms with van der Waals surface area (Å²) >= 11 is 5.98. The van der Waals surface area contributed by atoms with Crippen LogP contribution in [0.25, 0.3) is 0 Å². The molecular formula is C9H14ClN5. The van der Waals surface area contributed by atoms with Gasteiger partial charge in [-0.05, 0) is 25.9 Å². The Hall–Kier alpha value is -1.07. The molecule has 0 unspecified atom stereocenters. The lowest BCUT2D eigenvalue weighted by Crippen LogP contribution is -2.35. The summed E-state index contributed by atoms with van der Waals surface area (Å²) in [4.78, 5) is 7.89. The highest BCUT2D eigenvalue weighted by Gasteiger charge is 2.15. The molecule has 0 saturated carbocycles. The highest BCUT2D eigenvalue weighted by molar-refractivity contribution is 6.35. The van der Waals surface area contributed by atoms with Crippen molar-refractivity contribution in [2.45, 2.75) is 18.9 Å². The molecule has 0 aromatic carbocycles. The van der Waals surface area contributed by atoms with Gasteiger partial charge in [-0.15, -0.1) is 0 Å². The minimum absolute atomic E-state index is 0.322. The molecule has 1 saturated heterocycles. The van der Waals surface area contributed by atoms with Crippen molar-refractivity contribution in [3.8, 4) is 0 Å². The number of nitrogens with zero attached hydrogens (tertiary/aromatic N) is 2. The molecule has 1 aliphatic rings. The average molecular weight is 228 g/mol. The predicted molar refractivity (Wildman–Crippen MR) is 61.0 cm³/mol. The average Bonchev–Trinajstić information content (AvgIpc) is 2.26. The minimum Gasteiger partial charge on any atom is -0.382 e. The van der Waals surface area contributed by atoms with Crippen LogP contribution in [-0.2, 0) is 0 Å². The van der Waals surface area contributed by atoms with Gasteiger partial charge in [0.15, 0.2) is 5.82 Å². The van der Waals surface area contributed by atoms with E-state index in [-0.39, 0.29) is 0 Å². The summed E-state index contributed by atoms with van der Waals surface area (Å²) in [5.74, 6) is 0.958. The van der Waals surface area contributed by atoms with Crippen molar-refractivity contribution < 1.29 is 0 Å². The number of rotatable bonds is 2. The van der Waals surface area contributed by atoms with Crippen LogP contribution in [0.15, 0.2) is 6.33 Å². The van der Waals surface area contributed by atoms with Crippen LogP contribution in [0.2, 0.25) is 5.02 Å². The Kier molecular flexibility index (Phi) is 3.23. The van der Waals surface area contributed by atoms with Crippen LogP contribution in [-0.4, -0.2) is 29.1 Å². The van der Waals surface area contributed by atoms with E-state index in [0.717, 1.165) is 25.9 Å². The number of aromatic nitrogens is 2. The summed E-state index contributed by atoms with van der Waals surface area (Å²) in [7, 11) is 0. The molecule has 1 fully saturated rings. The van der Waals surface area contributed by atoms with E-state index in [9.17, 15) is 0 Å². The lowest BCUT2D eigenvalue weighted by atomic mass is 10.1. The van der Waals surface area contributed by atoms with Gasteiger partial charge < -0.3 is 16.4 Å². The van der Waals surface area contributed by atoms with E-state index in [2.05, 4.69) is 20.6 Å². The molecule has 82 valence electrons. The van der Waals surface area contributed by atoms with Crippen molar-refractivity contribution in [2.75, 3.05) is 24.1 Å². The van der Waals surface area contributed by atoms with Crippen LogP contribution in [0.4, 0.5) is 11.6 Å². The molecule has 2 heterocycles. The fourth-order valence-electron chi connectivity index (χ4n) is 1.64. The number of hydrogen-bond acceptors (Lipinski definition) is 5. The van der Waals surface area contributed by atoms with E-state index in [1.165, 1.54) is 6.33 Å². The lowest BCUT2D eigenvalue weighted by Gasteiger charge is -2.24. The molecule has 4 N–H and O–H groups in total. The fraction of sp³-hybridized carbons (Fsp3) is 0.556. The maximum Gasteiger partial charge on any atom is 0.150 e. The number of halogens is 1. The standard InChI is InChI=1S/C9H14ClN5/c10-7-8(11)13-5-14-9(7)15-6-1-3-12-4-2-6/h5-6,12H,1-4H2,(H3,11,13,14,15). The van der Waals surface area contributed by atoms with Crippen molar-refractivity contribution in [3.63, 3.8) is 0 Å². The lowest BCUT2D eigenvalue weighted by molar-refractivity contribution is 0.478. The number of anilines is 2. The van der Waals surface area contributed by atoms with E-state index < -0.39 is 0 Å². The number of piperidine rings is 1. The first kappa shape index (κ1) is 10.4. The maximum atomic E-state index is 5.98. The number of hydrogen-bond donors (Lipinski definition) is 3. The fourth-order valence-corrected chi connectivity index (χ4v) is 1.80. The quantitative estimate of drug-likeness (QED) is 0.699. The molecule has 0 amide bonds. The Morgan fingerprint density at radius 3 is 2.87 bits per heavy atom. The van der Waals surface area contributed by atoms with Gasteiger partial charge in [-0.1, -0.05) is 11.6 Å². The van der Waals surface area contributed by atoms with Gasteiger partial charge in [-0.25, -0.2) is 9.97 Å². The molecular weight excluding hydrogens is 214 g/mol. The summed E-state index contributed by atoms with van der Waals surface area (Å²) in [6.45, 7) is 2.05. The van der Waals surface area contributed by atoms with Crippen molar-refractivity contribution in [1.29, 1.82) is 0 Å². The molecule has 0 radical (unpaired) electrons. The monoisotopic (exact) mass is 227 g/mol. The number of nitrogen functional groups attached to an aromatic ring is 1. The molecule has 5 nitrogen and oxygen atoms in total. The Morgan fingerprint density at radius 2 is 2.13 bits per heavy atom.